The van der Waals surface area contributed by atoms with Crippen LogP contribution in [0.3, 0.4) is 0 Å². The molecule has 0 unspecified atom stereocenters. The number of hydrogen-bond acceptors (Lipinski definition) is 11. The normalized spacial score (nSPS) is 18.0. The van der Waals surface area contributed by atoms with Crippen LogP contribution in [-0.2, 0) is 24.2 Å². The molecular weight excluding hydrogens is 831 g/mol. The van der Waals surface area contributed by atoms with Crippen LogP contribution in [-0.4, -0.2) is 79.6 Å². The van der Waals surface area contributed by atoms with Crippen molar-refractivity contribution in [2.75, 3.05) is 37.6 Å². The topological polar surface area (TPSA) is 130 Å². The molecule has 344 valence electrons. The number of benzene rings is 3. The van der Waals surface area contributed by atoms with Crippen molar-refractivity contribution in [2.24, 2.45) is 0 Å². The highest BCUT2D eigenvalue weighted by molar-refractivity contribution is 7.99. The third-order valence-corrected chi connectivity index (χ3v) is 18.0. The van der Waals surface area contributed by atoms with Crippen LogP contribution in [0, 0.1) is 0 Å². The van der Waals surface area contributed by atoms with E-state index >= 15 is 0 Å². The largest absolute Gasteiger partial charge is 0.497 e. The van der Waals surface area contributed by atoms with Crippen LogP contribution < -0.4 is 20.5 Å². The Morgan fingerprint density at radius 1 is 0.810 bits per heavy atom. The molecule has 1 aliphatic rings. The van der Waals surface area contributed by atoms with E-state index in [0.717, 1.165) is 36.0 Å². The van der Waals surface area contributed by atoms with E-state index in [9.17, 15) is 14.7 Å². The van der Waals surface area contributed by atoms with Gasteiger partial charge >= 0.3 is 11.7 Å². The number of nitrogens with one attached hydrogen (secondary N) is 1. The second-order valence-electron chi connectivity index (χ2n) is 17.9. The van der Waals surface area contributed by atoms with Gasteiger partial charge in [-0.05, 0) is 89.5 Å². The van der Waals surface area contributed by atoms with Crippen molar-refractivity contribution in [3.05, 3.63) is 118 Å². The van der Waals surface area contributed by atoms with E-state index in [1.54, 1.807) is 26.5 Å². The Balaban J connectivity index is 1.32. The van der Waals surface area contributed by atoms with Gasteiger partial charge in [-0.2, -0.15) is 16.7 Å². The van der Waals surface area contributed by atoms with Crippen LogP contribution in [0.2, 0.25) is 18.1 Å². The molecule has 0 bridgehead atoms. The number of anilines is 1. The van der Waals surface area contributed by atoms with Crippen molar-refractivity contribution in [3.8, 4) is 11.5 Å². The Labute approximate surface area is 380 Å². The number of hydrogen-bond donors (Lipinski definition) is 2. The first-order valence-electron chi connectivity index (χ1n) is 22.7. The highest BCUT2D eigenvalue weighted by Gasteiger charge is 2.51. The molecule has 11 nitrogen and oxygen atoms in total. The van der Waals surface area contributed by atoms with Crippen LogP contribution in [0.15, 0.2) is 95.9 Å². The lowest BCUT2D eigenvalue weighted by Crippen LogP contribution is -2.50. The zero-order valence-electron chi connectivity index (χ0n) is 38.8. The summed E-state index contributed by atoms with van der Waals surface area (Å²) in [7, 11) is 0.795. The molecule has 5 rings (SSSR count). The maximum atomic E-state index is 14.1. The Kier molecular flexibility index (Phi) is 18.7. The van der Waals surface area contributed by atoms with Crippen LogP contribution in [0.1, 0.15) is 115 Å². The number of nitrogens with zero attached hydrogens (tertiary/aromatic N) is 2. The summed E-state index contributed by atoms with van der Waals surface area (Å²) in [4.78, 5) is 31.6. The fourth-order valence-electron chi connectivity index (χ4n) is 7.80. The molecule has 63 heavy (non-hydrogen) atoms. The lowest BCUT2D eigenvalue weighted by molar-refractivity contribution is -0.150. The molecule has 3 aromatic carbocycles. The molecule has 1 aliphatic heterocycles. The third kappa shape index (κ3) is 13.2. The average Bonchev–Trinajstić information content (AvgIpc) is 3.58. The Morgan fingerprint density at radius 3 is 1.87 bits per heavy atom. The number of aromatic nitrogens is 2. The van der Waals surface area contributed by atoms with Gasteiger partial charge in [-0.3, -0.25) is 9.36 Å². The first-order valence-corrected chi connectivity index (χ1v) is 26.8. The minimum atomic E-state index is -2.46. The van der Waals surface area contributed by atoms with Crippen LogP contribution in [0.25, 0.3) is 0 Å². The lowest BCUT2D eigenvalue weighted by atomic mass is 9.77. The first kappa shape index (κ1) is 49.9. The summed E-state index contributed by atoms with van der Waals surface area (Å²) >= 11 is 2.02. The molecule has 4 atom stereocenters. The van der Waals surface area contributed by atoms with E-state index in [1.807, 2.05) is 90.6 Å². The fourth-order valence-corrected chi connectivity index (χ4v) is 9.83. The Bertz CT molecular complexity index is 1990. The molecule has 0 amide bonds. The van der Waals surface area contributed by atoms with Gasteiger partial charge in [-0.15, -0.1) is 0 Å². The summed E-state index contributed by atoms with van der Waals surface area (Å²) < 4.78 is 31.3. The van der Waals surface area contributed by atoms with E-state index in [0.29, 0.717) is 23.7 Å². The number of methoxy groups -OCH3 is 2. The van der Waals surface area contributed by atoms with E-state index in [4.69, 9.17) is 23.4 Å². The Hall–Kier alpha value is -4.14. The van der Waals surface area contributed by atoms with Crippen molar-refractivity contribution >= 4 is 31.9 Å². The second kappa shape index (κ2) is 23.7. The molecule has 0 radical (unpaired) electrons. The fraction of sp³-hybridized carbons (Fsp3) is 0.540. The smallest absolute Gasteiger partial charge is 0.351 e. The minimum Gasteiger partial charge on any atom is -0.497 e. The SMILES string of the molecule is CCSCCCCCCCCCCCC(=O)OC[C@H]1O[C@@H](n2ccc(NC(c3ccccc3)(c3ccc(OC)cc3)c3ccc(OC)cc3)nc2=O)[C@@H](O)[C@@H]1O[Si](C)(C)C(C)(C)C. The summed E-state index contributed by atoms with van der Waals surface area (Å²) in [5.41, 5.74) is 1.01. The zero-order chi connectivity index (χ0) is 45.5. The third-order valence-electron chi connectivity index (χ3n) is 12.5. The number of esters is 1. The van der Waals surface area contributed by atoms with Gasteiger partial charge in [-0.1, -0.05) is 127 Å². The van der Waals surface area contributed by atoms with Gasteiger partial charge in [0, 0.05) is 12.6 Å². The van der Waals surface area contributed by atoms with E-state index in [-0.39, 0.29) is 17.6 Å². The average molecular weight is 902 g/mol. The predicted octanol–water partition coefficient (Wildman–Crippen LogP) is 10.5. The standard InChI is InChI=1S/C50H71N3O8SSi/c1-9-62-35-21-16-14-12-10-11-13-15-20-24-44(54)59-36-42-46(61-63(7,8)49(2,3)4)45(55)47(60-42)53-34-33-43(51-48(53)56)52-50(37-22-18-17-19-23-37,38-25-29-40(57-5)30-26-38)39-27-31-41(58-6)32-28-39/h17-19,22-23,25-34,42,45-47,55H,9-16,20-21,24,35-36H2,1-8H3,(H,51,52,56)/t42-,45+,46-,47-/m1/s1. The van der Waals surface area contributed by atoms with Crippen molar-refractivity contribution in [3.63, 3.8) is 0 Å². The maximum absolute atomic E-state index is 14.1. The predicted molar refractivity (Wildman–Crippen MR) is 257 cm³/mol. The number of thioether (sulfide) groups is 1. The lowest BCUT2D eigenvalue weighted by Gasteiger charge is -2.40. The van der Waals surface area contributed by atoms with Crippen LogP contribution in [0.5, 0.6) is 11.5 Å². The molecular formula is C50H71N3O8SSi. The summed E-state index contributed by atoms with van der Waals surface area (Å²) in [5, 5.41) is 15.4. The van der Waals surface area contributed by atoms with Gasteiger partial charge in [0.05, 0.1) is 14.2 Å². The van der Waals surface area contributed by atoms with Crippen molar-refractivity contribution < 1.29 is 33.3 Å². The highest BCUT2D eigenvalue weighted by atomic mass is 32.2. The number of carbonyl (C=O) groups excluding carboxylic acids is 1. The number of aliphatic hydroxyl groups is 1. The van der Waals surface area contributed by atoms with Gasteiger partial charge in [0.15, 0.2) is 14.5 Å². The molecule has 0 saturated carbocycles. The van der Waals surface area contributed by atoms with E-state index in [1.165, 1.54) is 54.6 Å². The van der Waals surface area contributed by atoms with Crippen molar-refractivity contribution in [1.82, 2.24) is 9.55 Å². The molecule has 13 heteroatoms. The van der Waals surface area contributed by atoms with E-state index in [2.05, 4.69) is 51.1 Å². The van der Waals surface area contributed by atoms with Crippen LogP contribution in [0.4, 0.5) is 5.82 Å². The molecule has 1 fully saturated rings. The minimum absolute atomic E-state index is 0.104. The molecule has 0 aliphatic carbocycles. The number of rotatable bonds is 25. The Morgan fingerprint density at radius 2 is 1.35 bits per heavy atom. The van der Waals surface area contributed by atoms with Gasteiger partial charge in [-0.25, -0.2) is 4.79 Å². The first-order chi connectivity index (χ1) is 30.2. The molecule has 1 saturated heterocycles. The number of aliphatic hydroxyl groups excluding tert-OH is 1. The quantitative estimate of drug-likeness (QED) is 0.0285. The van der Waals surface area contributed by atoms with E-state index < -0.39 is 44.1 Å². The monoisotopic (exact) mass is 901 g/mol. The number of ether oxygens (including phenoxy) is 4. The van der Waals surface area contributed by atoms with Crippen molar-refractivity contribution in [2.45, 2.75) is 140 Å². The molecule has 1 aromatic heterocycles. The van der Waals surface area contributed by atoms with Gasteiger partial charge < -0.3 is 33.8 Å². The van der Waals surface area contributed by atoms with Gasteiger partial charge in [0.1, 0.15) is 47.8 Å². The van der Waals surface area contributed by atoms with Gasteiger partial charge in [0.25, 0.3) is 0 Å². The summed E-state index contributed by atoms with van der Waals surface area (Å²) in [5.74, 6) is 3.87. The molecule has 0 spiro atoms. The maximum Gasteiger partial charge on any atom is 0.351 e. The second-order valence-corrected chi connectivity index (χ2v) is 24.1. The van der Waals surface area contributed by atoms with Crippen LogP contribution >= 0.6 is 11.8 Å². The summed E-state index contributed by atoms with van der Waals surface area (Å²) in [6, 6.07) is 27.2. The summed E-state index contributed by atoms with van der Waals surface area (Å²) in [6.07, 6.45) is 8.36. The van der Waals surface area contributed by atoms with Gasteiger partial charge in [0.2, 0.25) is 0 Å². The number of carbonyl (C=O) groups is 1. The van der Waals surface area contributed by atoms with Crippen molar-refractivity contribution in [1.29, 1.82) is 0 Å². The molecule has 2 N–H and O–H groups in total. The zero-order valence-corrected chi connectivity index (χ0v) is 40.6. The summed E-state index contributed by atoms with van der Waals surface area (Å²) in [6.45, 7) is 12.7. The number of unbranched alkanes of at least 4 members (excludes halogenated alkanes) is 8. The molecule has 2 heterocycles. The highest BCUT2D eigenvalue weighted by Crippen LogP contribution is 2.43. The molecule has 4 aromatic rings.